The fourth-order valence-corrected chi connectivity index (χ4v) is 5.52. The Bertz CT molecular complexity index is 1870. The first-order valence-corrected chi connectivity index (χ1v) is 13.2. The van der Waals surface area contributed by atoms with Crippen molar-refractivity contribution in [2.45, 2.75) is 44.8 Å². The van der Waals surface area contributed by atoms with Gasteiger partial charge in [0, 0.05) is 43.5 Å². The summed E-state index contributed by atoms with van der Waals surface area (Å²) in [6, 6.07) is 0.895. The maximum absolute atomic E-state index is 15.6. The van der Waals surface area contributed by atoms with Crippen molar-refractivity contribution in [1.29, 1.82) is 0 Å². The molecule has 0 radical (unpaired) electrons. The molecule has 4 aromatic rings. The summed E-state index contributed by atoms with van der Waals surface area (Å²) in [7, 11) is 0. The summed E-state index contributed by atoms with van der Waals surface area (Å²) in [5, 5.41) is 45.9. The van der Waals surface area contributed by atoms with Gasteiger partial charge in [0.2, 0.25) is 10.9 Å². The summed E-state index contributed by atoms with van der Waals surface area (Å²) < 4.78 is 36.4. The molecule has 2 aromatic heterocycles. The van der Waals surface area contributed by atoms with E-state index in [1.807, 2.05) is 13.8 Å². The second-order valence-electron chi connectivity index (χ2n) is 10.4. The van der Waals surface area contributed by atoms with E-state index in [0.717, 1.165) is 25.1 Å². The number of carbonyl (C=O) groups is 1. The van der Waals surface area contributed by atoms with E-state index in [9.17, 15) is 35.1 Å². The number of nitro benzene ring substituents is 1. The molecular formula is C25H24ClF2N7O8. The molecular weight excluding hydrogens is 600 g/mol. The number of nitrogens with two attached hydrogens (primary N) is 1. The number of anilines is 2. The van der Waals surface area contributed by atoms with Crippen molar-refractivity contribution >= 4 is 56.6 Å². The number of aromatic carboxylic acids is 1. The van der Waals surface area contributed by atoms with E-state index >= 15 is 8.78 Å². The Labute approximate surface area is 244 Å². The van der Waals surface area contributed by atoms with Gasteiger partial charge in [0.1, 0.15) is 16.3 Å². The number of nitrogens with zero attached hydrogens (tertiary/aromatic N) is 5. The summed E-state index contributed by atoms with van der Waals surface area (Å²) in [6.07, 6.45) is 2.60. The van der Waals surface area contributed by atoms with E-state index in [1.54, 1.807) is 4.90 Å². The number of carboxylic acid groups (broad SMARTS) is 1. The average molecular weight is 624 g/mol. The van der Waals surface area contributed by atoms with Gasteiger partial charge in [0.15, 0.2) is 11.6 Å². The second kappa shape index (κ2) is 10.8. The summed E-state index contributed by atoms with van der Waals surface area (Å²) in [6.45, 7) is 4.60. The van der Waals surface area contributed by atoms with Crippen molar-refractivity contribution in [1.82, 2.24) is 15.0 Å². The molecule has 0 bridgehead atoms. The van der Waals surface area contributed by atoms with Crippen molar-refractivity contribution in [3.8, 4) is 5.75 Å². The highest BCUT2D eigenvalue weighted by Gasteiger charge is 2.34. The first-order chi connectivity index (χ1) is 20.2. The number of fused-ring (bicyclic) bond motifs is 2. The fourth-order valence-electron chi connectivity index (χ4n) is 5.26. The number of nitrogen functional groups attached to an aromatic ring is 1. The molecule has 5 N–H and O–H groups in total. The predicted octanol–water partition coefficient (Wildman–Crippen LogP) is 2.81. The lowest BCUT2D eigenvalue weighted by molar-refractivity contribution is -0.782. The maximum atomic E-state index is 15.6. The number of nitro groups is 1. The number of aromatic hydroxyl groups is 1. The Kier molecular flexibility index (Phi) is 7.47. The molecule has 1 saturated carbocycles. The van der Waals surface area contributed by atoms with Crippen molar-refractivity contribution in [3.05, 3.63) is 60.0 Å². The van der Waals surface area contributed by atoms with Gasteiger partial charge in [-0.1, -0.05) is 11.6 Å². The molecule has 2 atom stereocenters. The van der Waals surface area contributed by atoms with Gasteiger partial charge in [-0.25, -0.2) is 13.6 Å². The molecule has 43 heavy (non-hydrogen) atoms. The Morgan fingerprint density at radius 3 is 2.47 bits per heavy atom. The van der Waals surface area contributed by atoms with Gasteiger partial charge < -0.3 is 35.9 Å². The van der Waals surface area contributed by atoms with Crippen LogP contribution in [0.4, 0.5) is 25.8 Å². The van der Waals surface area contributed by atoms with Gasteiger partial charge in [0.05, 0.1) is 26.7 Å². The van der Waals surface area contributed by atoms with Gasteiger partial charge >= 0.3 is 11.7 Å². The minimum Gasteiger partial charge on any atom is -0.499 e. The number of benzene rings is 2. The fraction of sp³-hybridized carbons (Fsp3) is 0.360. The summed E-state index contributed by atoms with van der Waals surface area (Å²) in [5.74, 6) is -4.13. The van der Waals surface area contributed by atoms with Crippen LogP contribution in [-0.4, -0.2) is 56.0 Å². The van der Waals surface area contributed by atoms with E-state index in [2.05, 4.69) is 15.1 Å². The third-order valence-corrected chi connectivity index (χ3v) is 7.46. The van der Waals surface area contributed by atoms with E-state index < -0.39 is 56.0 Å². The molecule has 1 aliphatic heterocycles. The number of rotatable bonds is 4. The molecule has 0 spiro atoms. The first kappa shape index (κ1) is 29.7. The number of hydrogen-bond acceptors (Lipinski definition) is 11. The predicted molar refractivity (Wildman–Crippen MR) is 148 cm³/mol. The SMILES string of the molecule is CC1CN(c2c(F)c(N)c3c(=O)c(C(=O)O)cn(C4CC4)c3c2F)CC(C)N1.O=[N+]([O-])c1c(Cl)cc2c(no[n+]2[O-])c1O. The number of nitrogens with one attached hydrogen (secondary N) is 1. The largest absolute Gasteiger partial charge is 0.499 e. The van der Waals surface area contributed by atoms with Gasteiger partial charge in [-0.2, -0.15) is 0 Å². The number of phenols is 1. The Morgan fingerprint density at radius 2 is 1.91 bits per heavy atom. The smallest absolute Gasteiger partial charge is 0.341 e. The maximum Gasteiger partial charge on any atom is 0.341 e. The molecule has 6 rings (SSSR count). The van der Waals surface area contributed by atoms with Crippen LogP contribution >= 0.6 is 11.6 Å². The van der Waals surface area contributed by atoms with Crippen LogP contribution in [0.15, 0.2) is 21.7 Å². The standard InChI is InChI=1S/C19H22F2N4O3.C6H2ClN3O5/c1-8-5-24(6-9(2)23-8)17-13(20)15(22)12-16(14(17)21)25(10-3-4-10)7-11(18(12)26)19(27)28;7-2-1-3-4(8-15-10(3)14)6(11)5(2)9(12)13/h7-10,23H,3-6,22H2,1-2H3,(H,27,28);1,11H. The Morgan fingerprint density at radius 1 is 1.28 bits per heavy atom. The monoisotopic (exact) mass is 623 g/mol. The topological polar surface area (TPSA) is 217 Å². The van der Waals surface area contributed by atoms with Crippen molar-refractivity contribution in [2.75, 3.05) is 23.7 Å². The van der Waals surface area contributed by atoms with Gasteiger partial charge in [-0.15, -0.1) is 0 Å². The second-order valence-corrected chi connectivity index (χ2v) is 10.8. The molecule has 18 heteroatoms. The van der Waals surface area contributed by atoms with Gasteiger partial charge in [-0.05, 0) is 31.6 Å². The van der Waals surface area contributed by atoms with E-state index in [0.29, 0.717) is 13.1 Å². The van der Waals surface area contributed by atoms with Crippen molar-refractivity contribution in [2.24, 2.45) is 0 Å². The Balaban J connectivity index is 0.000000207. The van der Waals surface area contributed by atoms with E-state index in [1.165, 1.54) is 4.57 Å². The molecule has 2 aliphatic rings. The number of hydrogen-bond donors (Lipinski definition) is 4. The quantitative estimate of drug-likeness (QED) is 0.112. The molecule has 228 valence electrons. The number of pyridine rings is 1. The number of phenolic OH excluding ortho intramolecular Hbond substituents is 1. The molecule has 1 saturated heterocycles. The number of carboxylic acids is 1. The molecule has 2 fully saturated rings. The molecule has 2 unspecified atom stereocenters. The Hall–Kier alpha value is -4.77. The zero-order valence-corrected chi connectivity index (χ0v) is 23.3. The lowest BCUT2D eigenvalue weighted by Crippen LogP contribution is -2.54. The van der Waals surface area contributed by atoms with Gasteiger partial charge in [-0.3, -0.25) is 19.5 Å². The summed E-state index contributed by atoms with van der Waals surface area (Å²) in [4.78, 5) is 35.3. The van der Waals surface area contributed by atoms with Crippen LogP contribution in [0.1, 0.15) is 43.1 Å². The van der Waals surface area contributed by atoms with Crippen LogP contribution in [0.2, 0.25) is 5.02 Å². The molecule has 0 amide bonds. The number of piperazine rings is 1. The highest BCUT2D eigenvalue weighted by molar-refractivity contribution is 6.33. The average Bonchev–Trinajstić information content (AvgIpc) is 3.69. The summed E-state index contributed by atoms with van der Waals surface area (Å²) >= 11 is 5.51. The number of aromatic nitrogens is 3. The normalized spacial score (nSPS) is 18.5. The van der Waals surface area contributed by atoms with Crippen LogP contribution in [0.25, 0.3) is 21.9 Å². The molecule has 15 nitrogen and oxygen atoms in total. The van der Waals surface area contributed by atoms with E-state index in [-0.39, 0.29) is 50.3 Å². The van der Waals surface area contributed by atoms with Crippen LogP contribution < -0.4 is 26.3 Å². The van der Waals surface area contributed by atoms with Gasteiger partial charge in [0.25, 0.3) is 11.3 Å². The van der Waals surface area contributed by atoms with Crippen molar-refractivity contribution < 1.29 is 38.2 Å². The highest BCUT2D eigenvalue weighted by Crippen LogP contribution is 2.42. The zero-order chi connectivity index (χ0) is 31.5. The van der Waals surface area contributed by atoms with Crippen LogP contribution in [-0.2, 0) is 0 Å². The summed E-state index contributed by atoms with van der Waals surface area (Å²) in [5.41, 5.74) is 2.34. The van der Waals surface area contributed by atoms with Crippen LogP contribution in [0, 0.1) is 27.0 Å². The van der Waals surface area contributed by atoms with E-state index in [4.69, 9.17) is 17.3 Å². The van der Waals surface area contributed by atoms with Crippen LogP contribution in [0.3, 0.4) is 0 Å². The lowest BCUT2D eigenvalue weighted by atomic mass is 10.0. The lowest BCUT2D eigenvalue weighted by Gasteiger charge is -2.38. The molecule has 3 heterocycles. The minimum atomic E-state index is -1.45. The number of halogens is 3. The molecule has 1 aliphatic carbocycles. The third-order valence-electron chi connectivity index (χ3n) is 7.18. The molecule has 2 aromatic carbocycles. The third kappa shape index (κ3) is 5.10. The first-order valence-electron chi connectivity index (χ1n) is 12.9. The van der Waals surface area contributed by atoms with Crippen molar-refractivity contribution in [3.63, 3.8) is 0 Å². The highest BCUT2D eigenvalue weighted by atomic mass is 35.5. The zero-order valence-electron chi connectivity index (χ0n) is 22.5. The minimum absolute atomic E-state index is 0.00927. The van der Waals surface area contributed by atoms with Crippen LogP contribution in [0.5, 0.6) is 5.75 Å².